The molecular formula is C19H20ClNOS. The molecule has 0 atom stereocenters. The maximum atomic E-state index is 12.5. The molecule has 4 heteroatoms. The number of thioether (sulfide) groups is 1. The molecule has 0 unspecified atom stereocenters. The summed E-state index contributed by atoms with van der Waals surface area (Å²) in [6.07, 6.45) is 5.45. The molecule has 0 aliphatic heterocycles. The third-order valence-corrected chi connectivity index (χ3v) is 5.76. The van der Waals surface area contributed by atoms with Crippen molar-refractivity contribution in [3.05, 3.63) is 64.7 Å². The number of carbonyl (C=O) groups excluding carboxylic acids is 1. The Morgan fingerprint density at radius 2 is 1.96 bits per heavy atom. The summed E-state index contributed by atoms with van der Waals surface area (Å²) in [6, 6.07) is 16.1. The second-order valence-electron chi connectivity index (χ2n) is 6.03. The molecule has 2 nitrogen and oxygen atoms in total. The normalized spacial score (nSPS) is 15.7. The predicted octanol–water partition coefficient (Wildman–Crippen LogP) is 4.91. The van der Waals surface area contributed by atoms with Gasteiger partial charge < -0.3 is 5.32 Å². The van der Waals surface area contributed by atoms with Crippen LogP contribution in [-0.2, 0) is 5.41 Å². The van der Waals surface area contributed by atoms with E-state index in [0.29, 0.717) is 17.1 Å². The van der Waals surface area contributed by atoms with Gasteiger partial charge in [0.2, 0.25) is 0 Å². The van der Waals surface area contributed by atoms with Crippen LogP contribution in [0.15, 0.2) is 53.4 Å². The summed E-state index contributed by atoms with van der Waals surface area (Å²) in [6.45, 7) is 0.662. The Hall–Kier alpha value is -1.45. The molecule has 1 N–H and O–H groups in total. The molecule has 0 saturated heterocycles. The molecule has 1 aliphatic rings. The van der Waals surface area contributed by atoms with Crippen molar-refractivity contribution in [1.82, 2.24) is 5.32 Å². The lowest BCUT2D eigenvalue weighted by Gasteiger charge is -2.42. The monoisotopic (exact) mass is 345 g/mol. The van der Waals surface area contributed by atoms with E-state index in [0.717, 1.165) is 17.7 Å². The summed E-state index contributed by atoms with van der Waals surface area (Å²) in [5.41, 5.74) is 1.96. The van der Waals surface area contributed by atoms with Gasteiger partial charge in [0, 0.05) is 16.9 Å². The van der Waals surface area contributed by atoms with Crippen molar-refractivity contribution in [3.63, 3.8) is 0 Å². The highest BCUT2D eigenvalue weighted by Crippen LogP contribution is 2.43. The zero-order valence-corrected chi connectivity index (χ0v) is 14.7. The summed E-state index contributed by atoms with van der Waals surface area (Å²) in [5, 5.41) is 3.60. The molecule has 1 aliphatic carbocycles. The minimum Gasteiger partial charge on any atom is -0.351 e. The second kappa shape index (κ2) is 6.98. The van der Waals surface area contributed by atoms with Crippen LogP contribution in [0, 0.1) is 0 Å². The zero-order chi connectivity index (χ0) is 16.3. The first-order chi connectivity index (χ1) is 11.1. The van der Waals surface area contributed by atoms with Crippen molar-refractivity contribution < 1.29 is 4.79 Å². The van der Waals surface area contributed by atoms with E-state index in [4.69, 9.17) is 11.6 Å². The van der Waals surface area contributed by atoms with E-state index in [9.17, 15) is 4.79 Å². The molecule has 2 aromatic carbocycles. The van der Waals surface area contributed by atoms with Crippen LogP contribution >= 0.6 is 23.4 Å². The van der Waals surface area contributed by atoms with Crippen LogP contribution < -0.4 is 5.32 Å². The number of nitrogens with one attached hydrogen (secondary N) is 1. The maximum absolute atomic E-state index is 12.5. The molecule has 1 fully saturated rings. The van der Waals surface area contributed by atoms with Gasteiger partial charge in [0.15, 0.2) is 0 Å². The fourth-order valence-electron chi connectivity index (χ4n) is 3.11. The quantitative estimate of drug-likeness (QED) is 0.780. The summed E-state index contributed by atoms with van der Waals surface area (Å²) in [4.78, 5) is 13.6. The maximum Gasteiger partial charge on any atom is 0.252 e. The Labute approximate surface area is 146 Å². The molecule has 23 heavy (non-hydrogen) atoms. The standard InChI is InChI=1S/C19H20ClNOS/c1-23-15-8-9-17(20)16(12-15)18(22)21-13-19(10-5-11-19)14-6-3-2-4-7-14/h2-4,6-9,12H,5,10-11,13H2,1H3,(H,21,22). The Morgan fingerprint density at radius 3 is 2.57 bits per heavy atom. The Balaban J connectivity index is 1.74. The van der Waals surface area contributed by atoms with Crippen molar-refractivity contribution >= 4 is 29.3 Å². The van der Waals surface area contributed by atoms with E-state index in [2.05, 4.69) is 29.6 Å². The first-order valence-corrected chi connectivity index (χ1v) is 9.42. The van der Waals surface area contributed by atoms with Gasteiger partial charge in [0.25, 0.3) is 5.91 Å². The first kappa shape index (κ1) is 16.4. The Kier molecular flexibility index (Phi) is 4.98. The third-order valence-electron chi connectivity index (χ3n) is 4.70. The summed E-state index contributed by atoms with van der Waals surface area (Å²) < 4.78 is 0. The van der Waals surface area contributed by atoms with Gasteiger partial charge in [-0.15, -0.1) is 11.8 Å². The molecule has 0 bridgehead atoms. The fraction of sp³-hybridized carbons (Fsp3) is 0.316. The highest BCUT2D eigenvalue weighted by molar-refractivity contribution is 7.98. The number of hydrogen-bond acceptors (Lipinski definition) is 2. The molecule has 0 aromatic heterocycles. The van der Waals surface area contributed by atoms with Crippen LogP contribution in [0.3, 0.4) is 0 Å². The van der Waals surface area contributed by atoms with Crippen LogP contribution in [0.5, 0.6) is 0 Å². The lowest BCUT2D eigenvalue weighted by atomic mass is 9.64. The van der Waals surface area contributed by atoms with Gasteiger partial charge in [-0.2, -0.15) is 0 Å². The molecule has 0 heterocycles. The predicted molar refractivity (Wildman–Crippen MR) is 97.5 cm³/mol. The summed E-state index contributed by atoms with van der Waals surface area (Å²) in [5.74, 6) is -0.0897. The van der Waals surface area contributed by atoms with E-state index in [1.807, 2.05) is 24.5 Å². The minimum absolute atomic E-state index is 0.0838. The molecule has 2 aromatic rings. The lowest BCUT2D eigenvalue weighted by molar-refractivity contribution is 0.0928. The average molecular weight is 346 g/mol. The van der Waals surface area contributed by atoms with Crippen LogP contribution in [0.1, 0.15) is 35.2 Å². The minimum atomic E-state index is -0.0897. The van der Waals surface area contributed by atoms with Crippen LogP contribution in [0.2, 0.25) is 5.02 Å². The van der Waals surface area contributed by atoms with E-state index < -0.39 is 0 Å². The van der Waals surface area contributed by atoms with Gasteiger partial charge >= 0.3 is 0 Å². The fourth-order valence-corrected chi connectivity index (χ4v) is 3.76. The molecule has 120 valence electrons. The number of benzene rings is 2. The SMILES string of the molecule is CSc1ccc(Cl)c(C(=O)NCC2(c3ccccc3)CCC2)c1. The molecule has 0 spiro atoms. The van der Waals surface area contributed by atoms with Crippen LogP contribution in [0.25, 0.3) is 0 Å². The lowest BCUT2D eigenvalue weighted by Crippen LogP contribution is -2.45. The second-order valence-corrected chi connectivity index (χ2v) is 7.32. The molecular weight excluding hydrogens is 326 g/mol. The van der Waals surface area contributed by atoms with E-state index in [1.165, 1.54) is 12.0 Å². The topological polar surface area (TPSA) is 29.1 Å². The Morgan fingerprint density at radius 1 is 1.22 bits per heavy atom. The number of rotatable bonds is 5. The van der Waals surface area contributed by atoms with Gasteiger partial charge in [-0.1, -0.05) is 48.4 Å². The van der Waals surface area contributed by atoms with Gasteiger partial charge in [0.05, 0.1) is 10.6 Å². The van der Waals surface area contributed by atoms with Crippen molar-refractivity contribution in [2.75, 3.05) is 12.8 Å². The van der Waals surface area contributed by atoms with Crippen molar-refractivity contribution in [2.24, 2.45) is 0 Å². The number of carbonyl (C=O) groups is 1. The van der Waals surface area contributed by atoms with Crippen molar-refractivity contribution in [1.29, 1.82) is 0 Å². The van der Waals surface area contributed by atoms with E-state index in [-0.39, 0.29) is 11.3 Å². The molecule has 3 rings (SSSR count). The number of amides is 1. The van der Waals surface area contributed by atoms with Crippen LogP contribution in [-0.4, -0.2) is 18.7 Å². The summed E-state index contributed by atoms with van der Waals surface area (Å²) >= 11 is 7.80. The largest absolute Gasteiger partial charge is 0.351 e. The Bertz CT molecular complexity index is 698. The first-order valence-electron chi connectivity index (χ1n) is 7.82. The molecule has 1 saturated carbocycles. The zero-order valence-electron chi connectivity index (χ0n) is 13.1. The van der Waals surface area contributed by atoms with Crippen LogP contribution in [0.4, 0.5) is 0 Å². The van der Waals surface area contributed by atoms with E-state index in [1.54, 1.807) is 17.8 Å². The highest BCUT2D eigenvalue weighted by Gasteiger charge is 2.38. The number of hydrogen-bond donors (Lipinski definition) is 1. The van der Waals surface area contributed by atoms with Gasteiger partial charge in [-0.05, 0) is 42.9 Å². The smallest absolute Gasteiger partial charge is 0.252 e. The van der Waals surface area contributed by atoms with E-state index >= 15 is 0 Å². The van der Waals surface area contributed by atoms with Gasteiger partial charge in [-0.25, -0.2) is 0 Å². The van der Waals surface area contributed by atoms with Crippen molar-refractivity contribution in [2.45, 2.75) is 29.6 Å². The highest BCUT2D eigenvalue weighted by atomic mass is 35.5. The van der Waals surface area contributed by atoms with Crippen molar-refractivity contribution in [3.8, 4) is 0 Å². The molecule has 1 amide bonds. The average Bonchev–Trinajstić information content (AvgIpc) is 2.55. The third kappa shape index (κ3) is 3.41. The molecule has 0 radical (unpaired) electrons. The number of halogens is 1. The summed E-state index contributed by atoms with van der Waals surface area (Å²) in [7, 11) is 0. The van der Waals surface area contributed by atoms with Gasteiger partial charge in [0.1, 0.15) is 0 Å². The van der Waals surface area contributed by atoms with Gasteiger partial charge in [-0.3, -0.25) is 4.79 Å².